The number of anilines is 1. The lowest BCUT2D eigenvalue weighted by molar-refractivity contribution is 0.0724. The van der Waals surface area contributed by atoms with Crippen molar-refractivity contribution in [2.75, 3.05) is 23.1 Å². The number of sulfonamides is 1. The van der Waals surface area contributed by atoms with Gasteiger partial charge in [-0.2, -0.15) is 0 Å². The molecule has 1 atom stereocenters. The van der Waals surface area contributed by atoms with E-state index in [1.807, 2.05) is 42.4 Å². The first-order chi connectivity index (χ1) is 14.9. The van der Waals surface area contributed by atoms with Crippen molar-refractivity contribution in [1.82, 2.24) is 14.5 Å². The minimum Gasteiger partial charge on any atom is -0.334 e. The highest BCUT2D eigenvalue weighted by Gasteiger charge is 2.32. The van der Waals surface area contributed by atoms with Crippen molar-refractivity contribution in [3.05, 3.63) is 59.9 Å². The maximum absolute atomic E-state index is 13.4. The third kappa shape index (κ3) is 3.59. The molecule has 2 fully saturated rings. The lowest BCUT2D eigenvalue weighted by Crippen LogP contribution is -2.38. The molecule has 31 heavy (non-hydrogen) atoms. The second-order valence-electron chi connectivity index (χ2n) is 8.42. The first-order valence-corrected chi connectivity index (χ1v) is 12.4. The standard InChI is InChI=1S/C23H26N4O3S/c1-17-14-18(27-12-5-13-31(27,29)30)9-10-20(17)23(28)26-11-4-6-19(26)15-25-16-24-21-7-2-3-8-22(21)25/h2-3,7-10,14,16,19H,4-6,11-13,15H2,1H3. The molecule has 0 radical (unpaired) electrons. The van der Waals surface area contributed by atoms with E-state index in [0.29, 0.717) is 24.2 Å². The number of para-hydroxylation sites is 2. The Morgan fingerprint density at radius 3 is 2.74 bits per heavy atom. The Bertz CT molecular complexity index is 1250. The summed E-state index contributed by atoms with van der Waals surface area (Å²) in [6.45, 7) is 3.84. The highest BCUT2D eigenvalue weighted by Crippen LogP contribution is 2.29. The van der Waals surface area contributed by atoms with Crippen molar-refractivity contribution < 1.29 is 13.2 Å². The number of nitrogens with zero attached hydrogens (tertiary/aromatic N) is 4. The summed E-state index contributed by atoms with van der Waals surface area (Å²) in [4.78, 5) is 19.8. The molecule has 7 nitrogen and oxygen atoms in total. The van der Waals surface area contributed by atoms with Crippen molar-refractivity contribution in [3.63, 3.8) is 0 Å². The summed E-state index contributed by atoms with van der Waals surface area (Å²) in [7, 11) is -3.23. The Hall–Kier alpha value is -2.87. The van der Waals surface area contributed by atoms with Crippen LogP contribution in [0.2, 0.25) is 0 Å². The van der Waals surface area contributed by atoms with Crippen molar-refractivity contribution in [1.29, 1.82) is 0 Å². The number of rotatable bonds is 4. The Morgan fingerprint density at radius 1 is 1.13 bits per heavy atom. The summed E-state index contributed by atoms with van der Waals surface area (Å²) in [5, 5.41) is 0. The van der Waals surface area contributed by atoms with Crippen LogP contribution >= 0.6 is 0 Å². The molecular formula is C23H26N4O3S. The molecule has 3 heterocycles. The first kappa shape index (κ1) is 20.1. The van der Waals surface area contributed by atoms with Gasteiger partial charge in [0.2, 0.25) is 10.0 Å². The van der Waals surface area contributed by atoms with Gasteiger partial charge in [0, 0.05) is 25.2 Å². The number of hydrogen-bond acceptors (Lipinski definition) is 4. The minimum absolute atomic E-state index is 0.0141. The first-order valence-electron chi connectivity index (χ1n) is 10.8. The molecule has 1 unspecified atom stereocenters. The monoisotopic (exact) mass is 438 g/mol. The van der Waals surface area contributed by atoms with Gasteiger partial charge in [-0.25, -0.2) is 13.4 Å². The van der Waals surface area contributed by atoms with Gasteiger partial charge in [0.15, 0.2) is 0 Å². The zero-order valence-corrected chi connectivity index (χ0v) is 18.4. The molecule has 5 rings (SSSR count). The Kier molecular flexibility index (Phi) is 4.97. The van der Waals surface area contributed by atoms with Crippen molar-refractivity contribution in [2.45, 2.75) is 38.8 Å². The van der Waals surface area contributed by atoms with E-state index in [2.05, 4.69) is 15.6 Å². The molecular weight excluding hydrogens is 412 g/mol. The Morgan fingerprint density at radius 2 is 1.97 bits per heavy atom. The van der Waals surface area contributed by atoms with E-state index in [9.17, 15) is 13.2 Å². The zero-order valence-electron chi connectivity index (χ0n) is 17.6. The average molecular weight is 439 g/mol. The van der Waals surface area contributed by atoms with Crippen molar-refractivity contribution >= 4 is 32.7 Å². The van der Waals surface area contributed by atoms with Gasteiger partial charge in [-0.1, -0.05) is 12.1 Å². The topological polar surface area (TPSA) is 75.5 Å². The smallest absolute Gasteiger partial charge is 0.254 e. The molecule has 1 amide bonds. The van der Waals surface area contributed by atoms with Crippen LogP contribution in [0, 0.1) is 6.92 Å². The molecule has 0 aliphatic carbocycles. The van der Waals surface area contributed by atoms with E-state index in [4.69, 9.17) is 0 Å². The number of aryl methyl sites for hydroxylation is 1. The number of aromatic nitrogens is 2. The number of fused-ring (bicyclic) bond motifs is 1. The molecule has 2 aliphatic heterocycles. The van der Waals surface area contributed by atoms with Gasteiger partial charge in [0.1, 0.15) is 0 Å². The molecule has 162 valence electrons. The van der Waals surface area contributed by atoms with Gasteiger partial charge in [-0.15, -0.1) is 0 Å². The number of carbonyl (C=O) groups excluding carboxylic acids is 1. The van der Waals surface area contributed by atoms with E-state index in [1.54, 1.807) is 12.1 Å². The molecule has 8 heteroatoms. The average Bonchev–Trinajstić information content (AvgIpc) is 3.46. The van der Waals surface area contributed by atoms with E-state index < -0.39 is 10.0 Å². The Balaban J connectivity index is 1.37. The molecule has 2 aromatic carbocycles. The zero-order chi connectivity index (χ0) is 21.6. The van der Waals surface area contributed by atoms with Crippen LogP contribution in [-0.4, -0.2) is 53.7 Å². The fraction of sp³-hybridized carbons (Fsp3) is 0.391. The summed E-state index contributed by atoms with van der Waals surface area (Å²) in [5.41, 5.74) is 4.14. The molecule has 1 aromatic heterocycles. The van der Waals surface area contributed by atoms with Gasteiger partial charge in [-0.05, 0) is 62.1 Å². The van der Waals surface area contributed by atoms with Crippen LogP contribution in [-0.2, 0) is 16.6 Å². The quantitative estimate of drug-likeness (QED) is 0.627. The lowest BCUT2D eigenvalue weighted by Gasteiger charge is -2.26. The third-order valence-corrected chi connectivity index (χ3v) is 8.27. The molecule has 3 aromatic rings. The molecule has 2 aliphatic rings. The molecule has 0 bridgehead atoms. The van der Waals surface area contributed by atoms with Crippen molar-refractivity contribution in [3.8, 4) is 0 Å². The van der Waals surface area contributed by atoms with Gasteiger partial charge in [0.05, 0.1) is 34.8 Å². The van der Waals surface area contributed by atoms with Crippen LogP contribution < -0.4 is 4.31 Å². The SMILES string of the molecule is Cc1cc(N2CCCS2(=O)=O)ccc1C(=O)N1CCCC1Cn1cnc2ccccc21. The third-order valence-electron chi connectivity index (χ3n) is 6.40. The van der Waals surface area contributed by atoms with Gasteiger partial charge >= 0.3 is 0 Å². The molecule has 0 N–H and O–H groups in total. The van der Waals surface area contributed by atoms with E-state index in [-0.39, 0.29) is 17.7 Å². The van der Waals surface area contributed by atoms with Crippen LogP contribution in [0.25, 0.3) is 11.0 Å². The molecule has 2 saturated heterocycles. The summed E-state index contributed by atoms with van der Waals surface area (Å²) in [6, 6.07) is 13.5. The summed E-state index contributed by atoms with van der Waals surface area (Å²) in [5.74, 6) is 0.200. The van der Waals surface area contributed by atoms with Crippen LogP contribution in [0.3, 0.4) is 0 Å². The van der Waals surface area contributed by atoms with Gasteiger partial charge in [0.25, 0.3) is 5.91 Å². The number of benzene rings is 2. The normalized spacial score (nSPS) is 20.6. The number of amides is 1. The van der Waals surface area contributed by atoms with Crippen molar-refractivity contribution in [2.24, 2.45) is 0 Å². The van der Waals surface area contributed by atoms with E-state index in [1.165, 1.54) is 4.31 Å². The maximum atomic E-state index is 13.4. The predicted molar refractivity (Wildman–Crippen MR) is 121 cm³/mol. The number of carbonyl (C=O) groups is 1. The van der Waals surface area contributed by atoms with Crippen LogP contribution in [0.5, 0.6) is 0 Å². The predicted octanol–water partition coefficient (Wildman–Crippen LogP) is 3.19. The maximum Gasteiger partial charge on any atom is 0.254 e. The van der Waals surface area contributed by atoms with Crippen LogP contribution in [0.4, 0.5) is 5.69 Å². The fourth-order valence-corrected chi connectivity index (χ4v) is 6.36. The summed E-state index contributed by atoms with van der Waals surface area (Å²) in [6.07, 6.45) is 4.43. The van der Waals surface area contributed by atoms with Gasteiger partial charge < -0.3 is 9.47 Å². The lowest BCUT2D eigenvalue weighted by atomic mass is 10.1. The number of hydrogen-bond donors (Lipinski definition) is 0. The Labute approximate surface area is 182 Å². The van der Waals surface area contributed by atoms with E-state index >= 15 is 0 Å². The summed E-state index contributed by atoms with van der Waals surface area (Å²) < 4.78 is 28.0. The fourth-order valence-electron chi connectivity index (χ4n) is 4.80. The van der Waals surface area contributed by atoms with Gasteiger partial charge in [-0.3, -0.25) is 9.10 Å². The second-order valence-corrected chi connectivity index (χ2v) is 10.4. The number of imidazole rings is 1. The number of likely N-dealkylation sites (tertiary alicyclic amines) is 1. The van der Waals surface area contributed by atoms with E-state index in [0.717, 1.165) is 42.5 Å². The molecule has 0 spiro atoms. The highest BCUT2D eigenvalue weighted by atomic mass is 32.2. The van der Waals surface area contributed by atoms with Crippen LogP contribution in [0.1, 0.15) is 35.2 Å². The highest BCUT2D eigenvalue weighted by molar-refractivity contribution is 7.93. The van der Waals surface area contributed by atoms with Crippen LogP contribution in [0.15, 0.2) is 48.8 Å². The minimum atomic E-state index is -3.23. The summed E-state index contributed by atoms with van der Waals surface area (Å²) >= 11 is 0. The molecule has 0 saturated carbocycles. The second kappa shape index (κ2) is 7.67. The largest absolute Gasteiger partial charge is 0.334 e.